The lowest BCUT2D eigenvalue weighted by atomic mass is 10.0. The van der Waals surface area contributed by atoms with Crippen LogP contribution in [0.3, 0.4) is 0 Å². The topological polar surface area (TPSA) is 92.9 Å². The number of ether oxygens (including phenoxy) is 1. The van der Waals surface area contributed by atoms with Gasteiger partial charge in [0.05, 0.1) is 18.1 Å². The number of benzene rings is 1. The average Bonchev–Trinajstić information content (AvgIpc) is 2.43. The van der Waals surface area contributed by atoms with Crippen molar-refractivity contribution in [1.82, 2.24) is 4.90 Å². The van der Waals surface area contributed by atoms with Crippen LogP contribution in [0.15, 0.2) is 24.3 Å². The van der Waals surface area contributed by atoms with E-state index in [1.54, 1.807) is 0 Å². The van der Waals surface area contributed by atoms with Crippen molar-refractivity contribution in [3.63, 3.8) is 0 Å². The van der Waals surface area contributed by atoms with E-state index in [-0.39, 0.29) is 17.7 Å². The summed E-state index contributed by atoms with van der Waals surface area (Å²) in [5, 5.41) is 20.6. The van der Waals surface area contributed by atoms with Gasteiger partial charge in [-0.3, -0.25) is 19.8 Å². The Morgan fingerprint density at radius 2 is 2.20 bits per heavy atom. The highest BCUT2D eigenvalue weighted by molar-refractivity contribution is 5.76. The lowest BCUT2D eigenvalue weighted by Gasteiger charge is -2.39. The number of carbonyl (C=O) groups excluding carboxylic acids is 1. The second-order valence-electron chi connectivity index (χ2n) is 4.69. The third-order valence-electron chi connectivity index (χ3n) is 3.50. The molecule has 0 aliphatic carbocycles. The highest BCUT2D eigenvalue weighted by atomic mass is 16.6. The van der Waals surface area contributed by atoms with Crippen LogP contribution >= 0.6 is 0 Å². The van der Waals surface area contributed by atoms with Crippen LogP contribution in [0.4, 0.5) is 5.69 Å². The van der Waals surface area contributed by atoms with Crippen LogP contribution in [-0.4, -0.2) is 47.1 Å². The molecule has 1 aliphatic rings. The number of hydrogen-bond acceptors (Lipinski definition) is 6. The van der Waals surface area contributed by atoms with Gasteiger partial charge in [0.1, 0.15) is 6.04 Å². The molecule has 1 heterocycles. The number of nitro benzene ring substituents is 1. The Morgan fingerprint density at radius 3 is 2.65 bits per heavy atom. The number of nitrogens with zero attached hydrogens (tertiary/aromatic N) is 2. The molecule has 1 aliphatic heterocycles. The molecule has 0 aromatic heterocycles. The number of carbonyl (C=O) groups is 1. The predicted molar refractivity (Wildman–Crippen MR) is 70.1 cm³/mol. The number of hydrogen-bond donors (Lipinski definition) is 1. The number of likely N-dealkylation sites (tertiary alicyclic amines) is 1. The summed E-state index contributed by atoms with van der Waals surface area (Å²) in [6.45, 7) is 1.03. The van der Waals surface area contributed by atoms with Crippen molar-refractivity contribution in [2.45, 2.75) is 18.6 Å². The first-order valence-corrected chi connectivity index (χ1v) is 6.27. The number of aliphatic hydroxyl groups is 1. The number of aliphatic hydroxyl groups excluding tert-OH is 1. The maximum Gasteiger partial charge on any atom is 0.323 e. The zero-order valence-electron chi connectivity index (χ0n) is 11.1. The fraction of sp³-hybridized carbons (Fsp3) is 0.462. The molecule has 1 saturated heterocycles. The van der Waals surface area contributed by atoms with Gasteiger partial charge in [-0.05, 0) is 24.1 Å². The largest absolute Gasteiger partial charge is 0.468 e. The van der Waals surface area contributed by atoms with Crippen LogP contribution in [0, 0.1) is 10.1 Å². The molecule has 1 aromatic carbocycles. The summed E-state index contributed by atoms with van der Waals surface area (Å²) in [5.41, 5.74) is 0.573. The van der Waals surface area contributed by atoms with Crippen LogP contribution in [0.2, 0.25) is 0 Å². The summed E-state index contributed by atoms with van der Waals surface area (Å²) >= 11 is 0. The van der Waals surface area contributed by atoms with Gasteiger partial charge in [-0.15, -0.1) is 0 Å². The Labute approximate surface area is 115 Å². The minimum Gasteiger partial charge on any atom is -0.468 e. The summed E-state index contributed by atoms with van der Waals surface area (Å²) in [5.74, 6) is -0.299. The van der Waals surface area contributed by atoms with Crippen molar-refractivity contribution in [3.8, 4) is 0 Å². The number of non-ortho nitro benzene ring substituents is 1. The minimum atomic E-state index is -0.789. The Kier molecular flexibility index (Phi) is 4.31. The van der Waals surface area contributed by atoms with E-state index >= 15 is 0 Å². The number of methoxy groups -OCH3 is 1. The van der Waals surface area contributed by atoms with E-state index in [0.717, 1.165) is 13.0 Å². The molecule has 108 valence electrons. The molecule has 0 bridgehead atoms. The van der Waals surface area contributed by atoms with Crippen LogP contribution in [0.1, 0.15) is 18.1 Å². The first-order chi connectivity index (χ1) is 9.52. The molecule has 0 amide bonds. The monoisotopic (exact) mass is 280 g/mol. The molecule has 0 radical (unpaired) electrons. The lowest BCUT2D eigenvalue weighted by Crippen LogP contribution is -2.53. The number of rotatable bonds is 5. The smallest absolute Gasteiger partial charge is 0.323 e. The Hall–Kier alpha value is -1.99. The van der Waals surface area contributed by atoms with Crippen LogP contribution in [0.25, 0.3) is 0 Å². The Morgan fingerprint density at radius 1 is 1.55 bits per heavy atom. The van der Waals surface area contributed by atoms with Crippen molar-refractivity contribution in [2.75, 3.05) is 20.2 Å². The van der Waals surface area contributed by atoms with Crippen molar-refractivity contribution in [3.05, 3.63) is 39.9 Å². The van der Waals surface area contributed by atoms with E-state index in [9.17, 15) is 20.0 Å². The van der Waals surface area contributed by atoms with E-state index in [1.165, 1.54) is 31.4 Å². The number of β-amino-alcohol motifs (C(OH)–C–C–N with tert-alkyl or cyclic N) is 1. The molecule has 0 unspecified atom stereocenters. The third kappa shape index (κ3) is 2.94. The van der Waals surface area contributed by atoms with Crippen molar-refractivity contribution in [1.29, 1.82) is 0 Å². The fourth-order valence-corrected chi connectivity index (χ4v) is 2.21. The molecular weight excluding hydrogens is 264 g/mol. The molecule has 7 heteroatoms. The summed E-state index contributed by atoms with van der Waals surface area (Å²) in [6, 6.07) is 5.46. The Balaban J connectivity index is 1.96. The van der Waals surface area contributed by atoms with Crippen molar-refractivity contribution in [2.24, 2.45) is 0 Å². The normalized spacial score (nSPS) is 20.0. The summed E-state index contributed by atoms with van der Waals surface area (Å²) in [7, 11) is 1.34. The third-order valence-corrected chi connectivity index (χ3v) is 3.50. The number of esters is 1. The zero-order chi connectivity index (χ0) is 14.7. The molecule has 20 heavy (non-hydrogen) atoms. The molecule has 1 fully saturated rings. The molecule has 0 saturated carbocycles. The van der Waals surface area contributed by atoms with Gasteiger partial charge in [0.25, 0.3) is 5.69 Å². The summed E-state index contributed by atoms with van der Waals surface area (Å²) in [4.78, 5) is 23.3. The van der Waals surface area contributed by atoms with Crippen LogP contribution in [0.5, 0.6) is 0 Å². The van der Waals surface area contributed by atoms with Crippen LogP contribution < -0.4 is 0 Å². The maximum absolute atomic E-state index is 11.4. The quantitative estimate of drug-likeness (QED) is 0.489. The molecular formula is C13H16N2O5. The Bertz CT molecular complexity index is 502. The van der Waals surface area contributed by atoms with Gasteiger partial charge in [0.15, 0.2) is 0 Å². The predicted octanol–water partition coefficient (Wildman–Crippen LogP) is 0.876. The molecule has 1 N–H and O–H groups in total. The molecule has 2 rings (SSSR count). The van der Waals surface area contributed by atoms with Gasteiger partial charge in [-0.2, -0.15) is 0 Å². The van der Waals surface area contributed by atoms with E-state index in [4.69, 9.17) is 0 Å². The first-order valence-electron chi connectivity index (χ1n) is 6.27. The molecule has 2 atom stereocenters. The van der Waals surface area contributed by atoms with Crippen molar-refractivity contribution < 1.29 is 19.6 Å². The van der Waals surface area contributed by atoms with Gasteiger partial charge in [0.2, 0.25) is 0 Å². The van der Waals surface area contributed by atoms with E-state index in [1.807, 2.05) is 4.90 Å². The molecule has 7 nitrogen and oxygen atoms in total. The standard InChI is InChI=1S/C13H16N2O5/c1-20-13(17)11-6-7-14(11)8-12(16)9-2-4-10(5-3-9)15(18)19/h2-5,11-12,16H,6-8H2,1H3/t11-,12-/m0/s1. The van der Waals surface area contributed by atoms with Crippen molar-refractivity contribution >= 4 is 11.7 Å². The first kappa shape index (κ1) is 14.4. The van der Waals surface area contributed by atoms with E-state index in [2.05, 4.69) is 4.74 Å². The second-order valence-corrected chi connectivity index (χ2v) is 4.69. The average molecular weight is 280 g/mol. The SMILES string of the molecule is COC(=O)[C@@H]1CCN1C[C@H](O)c1ccc([N+](=O)[O-])cc1. The summed E-state index contributed by atoms with van der Waals surface area (Å²) < 4.78 is 4.68. The fourth-order valence-electron chi connectivity index (χ4n) is 2.21. The minimum absolute atomic E-state index is 0.0164. The molecule has 0 spiro atoms. The van der Waals surface area contributed by atoms with E-state index in [0.29, 0.717) is 12.1 Å². The highest BCUT2D eigenvalue weighted by Crippen LogP contribution is 2.24. The van der Waals surface area contributed by atoms with Gasteiger partial charge in [0, 0.05) is 25.2 Å². The zero-order valence-corrected chi connectivity index (χ0v) is 11.1. The summed E-state index contributed by atoms with van der Waals surface area (Å²) in [6.07, 6.45) is -0.0668. The maximum atomic E-state index is 11.4. The van der Waals surface area contributed by atoms with Gasteiger partial charge < -0.3 is 9.84 Å². The van der Waals surface area contributed by atoms with E-state index < -0.39 is 11.0 Å². The number of nitro groups is 1. The van der Waals surface area contributed by atoms with Gasteiger partial charge in [-0.25, -0.2) is 0 Å². The lowest BCUT2D eigenvalue weighted by molar-refractivity contribution is -0.384. The highest BCUT2D eigenvalue weighted by Gasteiger charge is 2.36. The van der Waals surface area contributed by atoms with Gasteiger partial charge in [-0.1, -0.05) is 0 Å². The van der Waals surface area contributed by atoms with Crippen LogP contribution in [-0.2, 0) is 9.53 Å². The van der Waals surface area contributed by atoms with Gasteiger partial charge >= 0.3 is 5.97 Å². The molecule has 1 aromatic rings. The second kappa shape index (κ2) is 5.98.